The molecule has 11 aromatic carbocycles. The summed E-state index contributed by atoms with van der Waals surface area (Å²) in [5, 5.41) is 13.5. The first-order chi connectivity index (χ1) is 31.8. The Kier molecular flexibility index (Phi) is 8.18. The van der Waals surface area contributed by atoms with E-state index in [1.165, 1.54) is 43.6 Å². The number of rotatable bonds is 5. The highest BCUT2D eigenvalue weighted by molar-refractivity contribution is 6.30. The molecular formula is C60H36N4. The van der Waals surface area contributed by atoms with Crippen molar-refractivity contribution in [3.63, 3.8) is 0 Å². The number of fused-ring (bicyclic) bond motifs is 8. The summed E-state index contributed by atoms with van der Waals surface area (Å²) >= 11 is 0. The van der Waals surface area contributed by atoms with E-state index in [1.54, 1.807) is 12.7 Å². The minimum atomic E-state index is 0.890. The van der Waals surface area contributed by atoms with Crippen LogP contribution < -0.4 is 0 Å². The van der Waals surface area contributed by atoms with Crippen LogP contribution in [0.4, 0.5) is 0 Å². The van der Waals surface area contributed by atoms with E-state index in [2.05, 4.69) is 194 Å². The number of hydrogen-bond acceptors (Lipinski definition) is 4. The van der Waals surface area contributed by atoms with Crippen molar-refractivity contribution >= 4 is 75.7 Å². The number of benzene rings is 11. The molecule has 13 rings (SSSR count). The van der Waals surface area contributed by atoms with Gasteiger partial charge in [-0.15, -0.1) is 0 Å². The Morgan fingerprint density at radius 1 is 0.219 bits per heavy atom. The van der Waals surface area contributed by atoms with Crippen LogP contribution in [-0.2, 0) is 0 Å². The van der Waals surface area contributed by atoms with Crippen LogP contribution in [0.1, 0.15) is 0 Å². The molecule has 0 saturated heterocycles. The number of para-hydroxylation sites is 2. The fourth-order valence-electron chi connectivity index (χ4n) is 10.2. The second kappa shape index (κ2) is 14.5. The molecule has 0 atom stereocenters. The van der Waals surface area contributed by atoms with Gasteiger partial charge in [0.1, 0.15) is 12.7 Å². The Balaban J connectivity index is 1.29. The highest BCUT2D eigenvalue weighted by atomic mass is 14.8. The minimum absolute atomic E-state index is 0.890. The predicted octanol–water partition coefficient (Wildman–Crippen LogP) is 15.7. The normalized spacial score (nSPS) is 11.8. The predicted molar refractivity (Wildman–Crippen MR) is 267 cm³/mol. The second-order valence-electron chi connectivity index (χ2n) is 16.5. The van der Waals surface area contributed by atoms with E-state index in [1.807, 2.05) is 12.1 Å². The molecule has 0 fully saturated rings. The van der Waals surface area contributed by atoms with Crippen LogP contribution >= 0.6 is 0 Å². The highest BCUT2D eigenvalue weighted by Crippen LogP contribution is 2.51. The van der Waals surface area contributed by atoms with Crippen molar-refractivity contribution in [2.45, 2.75) is 0 Å². The first-order valence-electron chi connectivity index (χ1n) is 21.7. The molecule has 0 amide bonds. The van der Waals surface area contributed by atoms with Crippen molar-refractivity contribution in [3.05, 3.63) is 219 Å². The van der Waals surface area contributed by atoms with Gasteiger partial charge in [0.2, 0.25) is 0 Å². The first kappa shape index (κ1) is 36.1. The van der Waals surface area contributed by atoms with Crippen molar-refractivity contribution in [3.8, 4) is 55.9 Å². The Hall–Kier alpha value is -8.60. The van der Waals surface area contributed by atoms with Crippen LogP contribution in [0.25, 0.3) is 132 Å². The van der Waals surface area contributed by atoms with Crippen molar-refractivity contribution in [1.29, 1.82) is 0 Å². The molecule has 13 aromatic rings. The first-order valence-corrected chi connectivity index (χ1v) is 21.7. The number of hydrogen-bond donors (Lipinski definition) is 0. The third kappa shape index (κ3) is 5.63. The van der Waals surface area contributed by atoms with Crippen LogP contribution in [0.2, 0.25) is 0 Å². The zero-order chi connectivity index (χ0) is 42.1. The SMILES string of the molecule is c1ccc(-c2ccc3c(-c4ncnc5ccccc45)c4cc5c(cc4c(-c4ncnc6ccccc46)c3c2)c(-c2ccccc2)c(-c2ccc3ccccc3c2)c2ccccc25)cc1. The molecule has 2 heterocycles. The average molecular weight is 813 g/mol. The maximum Gasteiger partial charge on any atom is 0.116 e. The lowest BCUT2D eigenvalue weighted by Gasteiger charge is -2.23. The maximum atomic E-state index is 5.20. The van der Waals surface area contributed by atoms with Crippen molar-refractivity contribution in [2.24, 2.45) is 0 Å². The van der Waals surface area contributed by atoms with Crippen molar-refractivity contribution in [2.75, 3.05) is 0 Å². The molecule has 0 bridgehead atoms. The van der Waals surface area contributed by atoms with E-state index in [9.17, 15) is 0 Å². The van der Waals surface area contributed by atoms with E-state index >= 15 is 0 Å². The summed E-state index contributed by atoms with van der Waals surface area (Å²) in [6.07, 6.45) is 3.42. The summed E-state index contributed by atoms with van der Waals surface area (Å²) in [6.45, 7) is 0. The molecule has 0 aliphatic heterocycles. The van der Waals surface area contributed by atoms with Crippen LogP contribution in [0, 0.1) is 0 Å². The van der Waals surface area contributed by atoms with Crippen LogP contribution in [0.5, 0.6) is 0 Å². The van der Waals surface area contributed by atoms with Gasteiger partial charge in [-0.05, 0) is 124 Å². The number of nitrogens with zero attached hydrogens (tertiary/aromatic N) is 4. The third-order valence-electron chi connectivity index (χ3n) is 13.0. The zero-order valence-corrected chi connectivity index (χ0v) is 34.6. The van der Waals surface area contributed by atoms with E-state index in [-0.39, 0.29) is 0 Å². The third-order valence-corrected chi connectivity index (χ3v) is 13.0. The monoisotopic (exact) mass is 812 g/mol. The van der Waals surface area contributed by atoms with Gasteiger partial charge >= 0.3 is 0 Å². The Bertz CT molecular complexity index is 4000. The summed E-state index contributed by atoms with van der Waals surface area (Å²) in [4.78, 5) is 19.9. The van der Waals surface area contributed by atoms with Crippen LogP contribution in [0.15, 0.2) is 219 Å². The lowest BCUT2D eigenvalue weighted by molar-refractivity contribution is 1.23. The van der Waals surface area contributed by atoms with Crippen LogP contribution in [0.3, 0.4) is 0 Å². The molecule has 0 spiro atoms. The van der Waals surface area contributed by atoms with Gasteiger partial charge in [0.25, 0.3) is 0 Å². The van der Waals surface area contributed by atoms with Gasteiger partial charge in [-0.25, -0.2) is 19.9 Å². The van der Waals surface area contributed by atoms with Gasteiger partial charge in [-0.3, -0.25) is 0 Å². The van der Waals surface area contributed by atoms with Gasteiger partial charge in [0, 0.05) is 21.9 Å². The van der Waals surface area contributed by atoms with Gasteiger partial charge in [-0.2, -0.15) is 0 Å². The second-order valence-corrected chi connectivity index (χ2v) is 16.5. The molecule has 0 saturated carbocycles. The Morgan fingerprint density at radius 2 is 0.688 bits per heavy atom. The topological polar surface area (TPSA) is 51.6 Å². The van der Waals surface area contributed by atoms with Gasteiger partial charge < -0.3 is 0 Å². The summed E-state index contributed by atoms with van der Waals surface area (Å²) in [5.41, 5.74) is 12.7. The molecule has 64 heavy (non-hydrogen) atoms. The average Bonchev–Trinajstić information content (AvgIpc) is 3.37. The summed E-state index contributed by atoms with van der Waals surface area (Å²) in [6, 6.07) is 74.5. The molecule has 296 valence electrons. The van der Waals surface area contributed by atoms with Gasteiger partial charge in [-0.1, -0.05) is 170 Å². The molecule has 4 heteroatoms. The fraction of sp³-hybridized carbons (Fsp3) is 0. The lowest BCUT2D eigenvalue weighted by atomic mass is 9.81. The molecule has 4 nitrogen and oxygen atoms in total. The molecule has 0 N–H and O–H groups in total. The Labute approximate surface area is 368 Å². The lowest BCUT2D eigenvalue weighted by Crippen LogP contribution is -1.98. The number of aromatic nitrogens is 4. The van der Waals surface area contributed by atoms with Crippen LogP contribution in [-0.4, -0.2) is 19.9 Å². The van der Waals surface area contributed by atoms with Gasteiger partial charge in [0.15, 0.2) is 0 Å². The van der Waals surface area contributed by atoms with E-state index < -0.39 is 0 Å². The standard InChI is InChI=1S/C60H36N4/c1-3-15-37(16-4-1)41-29-30-45-49(32-41)58(60-47-24-12-14-26-54(47)62-36-64-60)52-34-50-48(33-51(52)57(45)59-46-23-11-13-25-53(46)61-35-63-59)43-21-9-10-22-44(43)56(55(50)39-18-5-2-6-19-39)42-28-27-38-17-7-8-20-40(38)31-42/h1-36H. The van der Waals surface area contributed by atoms with E-state index in [4.69, 9.17) is 19.9 Å². The highest BCUT2D eigenvalue weighted by Gasteiger charge is 2.25. The maximum absolute atomic E-state index is 5.20. The van der Waals surface area contributed by atoms with Gasteiger partial charge in [0.05, 0.1) is 22.4 Å². The molecule has 0 aliphatic carbocycles. The molecule has 0 aliphatic rings. The summed E-state index contributed by atoms with van der Waals surface area (Å²) in [7, 11) is 0. The Morgan fingerprint density at radius 3 is 1.38 bits per heavy atom. The largest absolute Gasteiger partial charge is 0.236 e. The summed E-state index contributed by atoms with van der Waals surface area (Å²) < 4.78 is 0. The molecular weight excluding hydrogens is 777 g/mol. The van der Waals surface area contributed by atoms with Crippen molar-refractivity contribution < 1.29 is 0 Å². The zero-order valence-electron chi connectivity index (χ0n) is 34.6. The fourth-order valence-corrected chi connectivity index (χ4v) is 10.2. The van der Waals surface area contributed by atoms with E-state index in [0.29, 0.717) is 0 Å². The van der Waals surface area contributed by atoms with Crippen molar-refractivity contribution in [1.82, 2.24) is 19.9 Å². The summed E-state index contributed by atoms with van der Waals surface area (Å²) in [5.74, 6) is 0. The minimum Gasteiger partial charge on any atom is -0.236 e. The molecule has 0 radical (unpaired) electrons. The molecule has 0 unspecified atom stereocenters. The van der Waals surface area contributed by atoms with E-state index in [0.717, 1.165) is 87.9 Å². The quantitative estimate of drug-likeness (QED) is 0.128. The smallest absolute Gasteiger partial charge is 0.116 e. The molecule has 2 aromatic heterocycles.